The van der Waals surface area contributed by atoms with Crippen LogP contribution in [0.4, 0.5) is 0 Å². The zero-order valence-corrected chi connectivity index (χ0v) is 11.1. The van der Waals surface area contributed by atoms with Crippen LogP contribution in [0.2, 0.25) is 0 Å². The minimum Gasteiger partial charge on any atom is -0.480 e. The highest BCUT2D eigenvalue weighted by atomic mass is 16.4. The molecule has 0 aromatic heterocycles. The van der Waals surface area contributed by atoms with E-state index in [4.69, 9.17) is 10.8 Å². The van der Waals surface area contributed by atoms with Crippen molar-refractivity contribution in [2.24, 2.45) is 11.7 Å². The summed E-state index contributed by atoms with van der Waals surface area (Å²) in [7, 11) is 0. The molecule has 0 saturated heterocycles. The van der Waals surface area contributed by atoms with E-state index < -0.39 is 12.0 Å². The van der Waals surface area contributed by atoms with Crippen LogP contribution in [0.3, 0.4) is 0 Å². The molecule has 5 nitrogen and oxygen atoms in total. The summed E-state index contributed by atoms with van der Waals surface area (Å²) in [6.07, 6.45) is 1.51. The van der Waals surface area contributed by atoms with Crippen LogP contribution >= 0.6 is 0 Å². The summed E-state index contributed by atoms with van der Waals surface area (Å²) in [6, 6.07) is -0.720. The zero-order valence-electron chi connectivity index (χ0n) is 11.1. The SMILES string of the molecule is CCC(C)N(CC(=O)O)C(=O)[C@@H](N)[C@@H](C)CC. The van der Waals surface area contributed by atoms with Crippen molar-refractivity contribution in [2.45, 2.75) is 52.6 Å². The van der Waals surface area contributed by atoms with Gasteiger partial charge in [0.15, 0.2) is 0 Å². The summed E-state index contributed by atoms with van der Waals surface area (Å²) in [6.45, 7) is 7.34. The van der Waals surface area contributed by atoms with Crippen molar-refractivity contribution < 1.29 is 14.7 Å². The molecule has 1 amide bonds. The molecular weight excluding hydrogens is 220 g/mol. The Bertz CT molecular complexity index is 268. The van der Waals surface area contributed by atoms with Gasteiger partial charge in [-0.15, -0.1) is 0 Å². The largest absolute Gasteiger partial charge is 0.480 e. The molecule has 17 heavy (non-hydrogen) atoms. The third-order valence-corrected chi connectivity index (χ3v) is 3.25. The van der Waals surface area contributed by atoms with Crippen LogP contribution in [0, 0.1) is 5.92 Å². The first-order valence-corrected chi connectivity index (χ1v) is 6.12. The molecule has 0 rings (SSSR count). The summed E-state index contributed by atoms with van der Waals surface area (Å²) in [5.74, 6) is -1.21. The molecule has 3 N–H and O–H groups in total. The second kappa shape index (κ2) is 7.27. The molecule has 0 aliphatic carbocycles. The first-order valence-electron chi connectivity index (χ1n) is 6.12. The normalized spacial score (nSPS) is 16.1. The van der Waals surface area contributed by atoms with Crippen LogP contribution in [-0.4, -0.2) is 40.5 Å². The molecule has 0 fully saturated rings. The van der Waals surface area contributed by atoms with E-state index in [1.807, 2.05) is 27.7 Å². The Morgan fingerprint density at radius 3 is 2.12 bits per heavy atom. The van der Waals surface area contributed by atoms with Crippen molar-refractivity contribution >= 4 is 11.9 Å². The van der Waals surface area contributed by atoms with E-state index in [-0.39, 0.29) is 24.4 Å². The number of nitrogens with zero attached hydrogens (tertiary/aromatic N) is 1. The Hall–Kier alpha value is -1.10. The maximum absolute atomic E-state index is 12.1. The first kappa shape index (κ1) is 15.9. The van der Waals surface area contributed by atoms with Gasteiger partial charge in [-0.25, -0.2) is 0 Å². The topological polar surface area (TPSA) is 83.6 Å². The number of hydrogen-bond acceptors (Lipinski definition) is 3. The predicted molar refractivity (Wildman–Crippen MR) is 66.5 cm³/mol. The summed E-state index contributed by atoms with van der Waals surface area (Å²) in [5.41, 5.74) is 5.86. The number of carboxylic acid groups (broad SMARTS) is 1. The monoisotopic (exact) mass is 244 g/mol. The van der Waals surface area contributed by atoms with Gasteiger partial charge in [-0.2, -0.15) is 0 Å². The van der Waals surface area contributed by atoms with E-state index in [1.54, 1.807) is 0 Å². The maximum Gasteiger partial charge on any atom is 0.323 e. The lowest BCUT2D eigenvalue weighted by Gasteiger charge is -2.31. The third-order valence-electron chi connectivity index (χ3n) is 3.25. The van der Waals surface area contributed by atoms with Gasteiger partial charge in [-0.3, -0.25) is 9.59 Å². The Morgan fingerprint density at radius 2 is 1.76 bits per heavy atom. The van der Waals surface area contributed by atoms with Crippen molar-refractivity contribution in [2.75, 3.05) is 6.54 Å². The summed E-state index contributed by atoms with van der Waals surface area (Å²) in [4.78, 5) is 24.2. The van der Waals surface area contributed by atoms with E-state index in [1.165, 1.54) is 4.90 Å². The van der Waals surface area contributed by atoms with Crippen LogP contribution in [0.5, 0.6) is 0 Å². The molecule has 100 valence electrons. The minimum absolute atomic E-state index is 0.0582. The Morgan fingerprint density at radius 1 is 1.24 bits per heavy atom. The van der Waals surface area contributed by atoms with Crippen LogP contribution < -0.4 is 5.73 Å². The second-order valence-electron chi connectivity index (χ2n) is 4.53. The Labute approximate surface area is 103 Å². The summed E-state index contributed by atoms with van der Waals surface area (Å²) in [5, 5.41) is 8.82. The fraction of sp³-hybridized carbons (Fsp3) is 0.833. The Kier molecular flexibility index (Phi) is 6.80. The maximum atomic E-state index is 12.1. The molecule has 0 heterocycles. The molecule has 0 radical (unpaired) electrons. The molecule has 1 unspecified atom stereocenters. The van der Waals surface area contributed by atoms with Gasteiger partial charge in [-0.05, 0) is 19.3 Å². The van der Waals surface area contributed by atoms with Crippen molar-refractivity contribution in [3.8, 4) is 0 Å². The number of carbonyl (C=O) groups is 2. The molecule has 0 spiro atoms. The van der Waals surface area contributed by atoms with E-state index in [0.29, 0.717) is 6.42 Å². The first-order chi connectivity index (χ1) is 7.84. The summed E-state index contributed by atoms with van der Waals surface area (Å²) < 4.78 is 0. The van der Waals surface area contributed by atoms with Gasteiger partial charge in [0.2, 0.25) is 5.91 Å². The molecule has 0 aliphatic rings. The fourth-order valence-electron chi connectivity index (χ4n) is 1.51. The van der Waals surface area contributed by atoms with Crippen LogP contribution in [0.25, 0.3) is 0 Å². The summed E-state index contributed by atoms with van der Waals surface area (Å²) >= 11 is 0. The highest BCUT2D eigenvalue weighted by molar-refractivity contribution is 5.85. The van der Waals surface area contributed by atoms with Crippen molar-refractivity contribution in [1.29, 1.82) is 0 Å². The van der Waals surface area contributed by atoms with E-state index in [9.17, 15) is 9.59 Å². The van der Waals surface area contributed by atoms with E-state index >= 15 is 0 Å². The third kappa shape index (κ3) is 4.73. The van der Waals surface area contributed by atoms with Crippen molar-refractivity contribution in [3.63, 3.8) is 0 Å². The average molecular weight is 244 g/mol. The van der Waals surface area contributed by atoms with Gasteiger partial charge < -0.3 is 15.7 Å². The number of nitrogens with two attached hydrogens (primary N) is 1. The quantitative estimate of drug-likeness (QED) is 0.701. The molecule has 5 heteroatoms. The fourth-order valence-corrected chi connectivity index (χ4v) is 1.51. The molecule has 0 aromatic carbocycles. The van der Waals surface area contributed by atoms with Crippen molar-refractivity contribution in [1.82, 2.24) is 4.90 Å². The van der Waals surface area contributed by atoms with Crippen LogP contribution in [0.1, 0.15) is 40.5 Å². The van der Waals surface area contributed by atoms with Gasteiger partial charge >= 0.3 is 5.97 Å². The number of hydrogen-bond donors (Lipinski definition) is 2. The molecule has 0 bridgehead atoms. The van der Waals surface area contributed by atoms with Crippen molar-refractivity contribution in [3.05, 3.63) is 0 Å². The Balaban J connectivity index is 4.79. The van der Waals surface area contributed by atoms with Gasteiger partial charge in [0.25, 0.3) is 0 Å². The average Bonchev–Trinajstić information content (AvgIpc) is 2.31. The molecule has 0 saturated carbocycles. The van der Waals surface area contributed by atoms with E-state index in [2.05, 4.69) is 0 Å². The number of amides is 1. The lowest BCUT2D eigenvalue weighted by molar-refractivity contribution is -0.147. The van der Waals surface area contributed by atoms with Crippen LogP contribution in [-0.2, 0) is 9.59 Å². The van der Waals surface area contributed by atoms with Crippen LogP contribution in [0.15, 0.2) is 0 Å². The molecule has 0 aliphatic heterocycles. The molecule has 0 aromatic rings. The number of rotatable bonds is 7. The molecule has 3 atom stereocenters. The zero-order chi connectivity index (χ0) is 13.6. The molecular formula is C12H24N2O3. The lowest BCUT2D eigenvalue weighted by atomic mass is 9.98. The number of carboxylic acids is 1. The standard InChI is InChI=1S/C12H24N2O3/c1-5-8(3)11(13)12(17)14(7-10(15)16)9(4)6-2/h8-9,11H,5-7,13H2,1-4H3,(H,15,16)/t8-,9?,11-/m0/s1. The highest BCUT2D eigenvalue weighted by Crippen LogP contribution is 2.12. The highest BCUT2D eigenvalue weighted by Gasteiger charge is 2.28. The second-order valence-corrected chi connectivity index (χ2v) is 4.53. The number of carbonyl (C=O) groups excluding carboxylic acids is 1. The van der Waals surface area contributed by atoms with Gasteiger partial charge in [-0.1, -0.05) is 27.2 Å². The minimum atomic E-state index is -1.00. The predicted octanol–water partition coefficient (Wildman–Crippen LogP) is 1.07. The number of aliphatic carboxylic acids is 1. The van der Waals surface area contributed by atoms with E-state index in [0.717, 1.165) is 6.42 Å². The van der Waals surface area contributed by atoms with Gasteiger partial charge in [0, 0.05) is 6.04 Å². The lowest BCUT2D eigenvalue weighted by Crippen LogP contribution is -2.51. The smallest absolute Gasteiger partial charge is 0.323 e. The van der Waals surface area contributed by atoms with Gasteiger partial charge in [0.05, 0.1) is 6.04 Å². The van der Waals surface area contributed by atoms with Gasteiger partial charge in [0.1, 0.15) is 6.54 Å².